The first-order valence-electron chi connectivity index (χ1n) is 7.96. The lowest BCUT2D eigenvalue weighted by atomic mass is 10.4. The van der Waals surface area contributed by atoms with E-state index < -0.39 is 16.1 Å². The van der Waals surface area contributed by atoms with Crippen molar-refractivity contribution in [3.63, 3.8) is 0 Å². The van der Waals surface area contributed by atoms with Crippen LogP contribution in [0.1, 0.15) is 27.7 Å². The lowest BCUT2D eigenvalue weighted by molar-refractivity contribution is 1.28. The molecule has 1 rings (SSSR count). The topological polar surface area (TPSA) is 0 Å². The maximum absolute atomic E-state index is 4.13. The van der Waals surface area contributed by atoms with Crippen LogP contribution in [0.4, 0.5) is 0 Å². The Morgan fingerprint density at radius 3 is 1.10 bits per heavy atom. The Morgan fingerprint density at radius 1 is 0.700 bits per heavy atom. The van der Waals surface area contributed by atoms with Crippen LogP contribution in [0, 0.1) is 0 Å². The first kappa shape index (κ1) is 17.2. The monoisotopic (exact) mass is 302 g/mol. The van der Waals surface area contributed by atoms with E-state index in [-0.39, 0.29) is 0 Å². The smallest absolute Gasteiger partial charge is 0.107 e. The van der Waals surface area contributed by atoms with E-state index in [1.807, 2.05) is 0 Å². The molecule has 0 radical (unpaired) electrons. The third-order valence-corrected chi connectivity index (χ3v) is 14.9. The van der Waals surface area contributed by atoms with Crippen molar-refractivity contribution >= 4 is 26.5 Å². The largest absolute Gasteiger partial charge is 0.109 e. The van der Waals surface area contributed by atoms with Crippen LogP contribution >= 0.6 is 0 Å². The summed E-state index contributed by atoms with van der Waals surface area (Å²) in [5.74, 6) is 0. The summed E-state index contributed by atoms with van der Waals surface area (Å²) in [6.07, 6.45) is 0. The zero-order valence-electron chi connectivity index (χ0n) is 13.7. The molecule has 0 aliphatic rings. The van der Waals surface area contributed by atoms with Crippen molar-refractivity contribution in [3.05, 3.63) is 48.8 Å². The van der Waals surface area contributed by atoms with Crippen molar-refractivity contribution in [2.24, 2.45) is 0 Å². The number of hydrogen-bond donors (Lipinski definition) is 0. The fraction of sp³-hybridized carbons (Fsp3) is 0.444. The predicted octanol–water partition coefficient (Wildman–Crippen LogP) is 4.53. The summed E-state index contributed by atoms with van der Waals surface area (Å²) in [7, 11) is -2.91. The van der Waals surface area contributed by atoms with Crippen LogP contribution in [-0.4, -0.2) is 16.1 Å². The highest BCUT2D eigenvalue weighted by molar-refractivity contribution is 6.97. The van der Waals surface area contributed by atoms with Gasteiger partial charge in [-0.05, 0) is 0 Å². The van der Waals surface area contributed by atoms with Crippen LogP contribution in [0.2, 0.25) is 24.2 Å². The Labute approximate surface area is 127 Å². The number of rotatable bonds is 8. The highest BCUT2D eigenvalue weighted by atomic mass is 28.3. The standard InChI is InChI=1S/C18H30Si2/c1-7-19(8-2,9-3)17-13-15-18(16-14-17)20(10-4,11-5)12-6/h7,10,13-16H,1,4,8-9,11-12H2,2-3,5-6H3. The number of benzene rings is 1. The molecule has 0 nitrogen and oxygen atoms in total. The van der Waals surface area contributed by atoms with Crippen LogP contribution < -0.4 is 10.4 Å². The van der Waals surface area contributed by atoms with Gasteiger partial charge < -0.3 is 0 Å². The molecule has 2 heteroatoms. The van der Waals surface area contributed by atoms with Gasteiger partial charge in [-0.15, -0.1) is 13.2 Å². The predicted molar refractivity (Wildman–Crippen MR) is 99.5 cm³/mol. The van der Waals surface area contributed by atoms with Crippen LogP contribution in [0.5, 0.6) is 0 Å². The van der Waals surface area contributed by atoms with Crippen LogP contribution in [0.15, 0.2) is 48.8 Å². The van der Waals surface area contributed by atoms with Crippen LogP contribution in [-0.2, 0) is 0 Å². The van der Waals surface area contributed by atoms with E-state index >= 15 is 0 Å². The fourth-order valence-electron chi connectivity index (χ4n) is 3.26. The third-order valence-electron chi connectivity index (χ3n) is 5.34. The molecule has 1 aromatic carbocycles. The van der Waals surface area contributed by atoms with E-state index in [1.54, 1.807) is 10.4 Å². The lowest BCUT2D eigenvalue weighted by Gasteiger charge is -2.29. The summed E-state index contributed by atoms with van der Waals surface area (Å²) in [6.45, 7) is 17.5. The summed E-state index contributed by atoms with van der Waals surface area (Å²) >= 11 is 0. The Hall–Kier alpha value is -0.866. The first-order valence-corrected chi connectivity index (χ1v) is 12.9. The van der Waals surface area contributed by atoms with E-state index in [1.165, 1.54) is 24.2 Å². The van der Waals surface area contributed by atoms with E-state index in [0.717, 1.165) is 0 Å². The summed E-state index contributed by atoms with van der Waals surface area (Å²) in [4.78, 5) is 0. The second-order valence-corrected chi connectivity index (χ2v) is 15.1. The second-order valence-electron chi connectivity index (χ2n) is 5.71. The van der Waals surface area contributed by atoms with Gasteiger partial charge in [-0.2, -0.15) is 0 Å². The normalized spacial score (nSPS) is 12.2. The van der Waals surface area contributed by atoms with Crippen molar-refractivity contribution in [3.8, 4) is 0 Å². The van der Waals surface area contributed by atoms with Crippen molar-refractivity contribution in [1.29, 1.82) is 0 Å². The zero-order chi connectivity index (χ0) is 15.2. The number of hydrogen-bond acceptors (Lipinski definition) is 0. The van der Waals surface area contributed by atoms with Gasteiger partial charge in [0.2, 0.25) is 0 Å². The lowest BCUT2D eigenvalue weighted by Crippen LogP contribution is -2.48. The molecule has 1 aromatic rings. The first-order chi connectivity index (χ1) is 9.57. The molecule has 0 spiro atoms. The molecule has 0 unspecified atom stereocenters. The quantitative estimate of drug-likeness (QED) is 0.619. The summed E-state index contributed by atoms with van der Waals surface area (Å²) in [5.41, 5.74) is 4.53. The summed E-state index contributed by atoms with van der Waals surface area (Å²) in [6, 6.07) is 14.5. The minimum absolute atomic E-state index is 1.25. The molecule has 0 bridgehead atoms. The summed E-state index contributed by atoms with van der Waals surface area (Å²) in [5, 5.41) is 3.08. The van der Waals surface area contributed by atoms with Crippen molar-refractivity contribution < 1.29 is 0 Å². The highest BCUT2D eigenvalue weighted by Crippen LogP contribution is 2.19. The van der Waals surface area contributed by atoms with Gasteiger partial charge >= 0.3 is 0 Å². The molecule has 0 aliphatic heterocycles. The van der Waals surface area contributed by atoms with Crippen molar-refractivity contribution in [1.82, 2.24) is 0 Å². The fourth-order valence-corrected chi connectivity index (χ4v) is 9.18. The highest BCUT2D eigenvalue weighted by Gasteiger charge is 2.30. The zero-order valence-corrected chi connectivity index (χ0v) is 15.7. The third kappa shape index (κ3) is 2.91. The van der Waals surface area contributed by atoms with Gasteiger partial charge in [0.05, 0.1) is 0 Å². The van der Waals surface area contributed by atoms with Gasteiger partial charge in [-0.3, -0.25) is 0 Å². The maximum Gasteiger partial charge on any atom is 0.109 e. The molecule has 0 amide bonds. The van der Waals surface area contributed by atoms with Gasteiger partial charge in [-0.1, -0.05) is 97.9 Å². The second kappa shape index (κ2) is 7.23. The molecule has 0 fully saturated rings. The van der Waals surface area contributed by atoms with Gasteiger partial charge in [0.15, 0.2) is 0 Å². The average Bonchev–Trinajstić information content (AvgIpc) is 2.53. The van der Waals surface area contributed by atoms with Crippen molar-refractivity contribution in [2.45, 2.75) is 51.9 Å². The van der Waals surface area contributed by atoms with Gasteiger partial charge in [0, 0.05) is 0 Å². The molecule has 20 heavy (non-hydrogen) atoms. The molecule has 0 saturated heterocycles. The molecule has 0 aliphatic carbocycles. The maximum atomic E-state index is 4.13. The minimum atomic E-state index is -1.45. The molecule has 0 N–H and O–H groups in total. The van der Waals surface area contributed by atoms with E-state index in [9.17, 15) is 0 Å². The molecule has 0 aromatic heterocycles. The van der Waals surface area contributed by atoms with Crippen molar-refractivity contribution in [2.75, 3.05) is 0 Å². The Morgan fingerprint density at radius 2 is 0.950 bits per heavy atom. The van der Waals surface area contributed by atoms with Gasteiger partial charge in [0.25, 0.3) is 0 Å². The molecule has 0 saturated carbocycles. The van der Waals surface area contributed by atoms with Gasteiger partial charge in [-0.25, -0.2) is 0 Å². The SMILES string of the molecule is C=C[Si](CC)(CC)c1ccc([Si](C=C)(CC)CC)cc1. The van der Waals surface area contributed by atoms with Gasteiger partial charge in [0.1, 0.15) is 16.1 Å². The molecule has 0 heterocycles. The van der Waals surface area contributed by atoms with E-state index in [0.29, 0.717) is 0 Å². The van der Waals surface area contributed by atoms with Crippen LogP contribution in [0.3, 0.4) is 0 Å². The van der Waals surface area contributed by atoms with E-state index in [2.05, 4.69) is 76.5 Å². The Kier molecular flexibility index (Phi) is 6.21. The van der Waals surface area contributed by atoms with Crippen LogP contribution in [0.25, 0.3) is 0 Å². The minimum Gasteiger partial charge on any atom is -0.107 e. The summed E-state index contributed by atoms with van der Waals surface area (Å²) < 4.78 is 0. The molecule has 110 valence electrons. The Balaban J connectivity index is 3.23. The molecular formula is C18H30Si2. The average molecular weight is 303 g/mol. The molecule has 0 atom stereocenters. The van der Waals surface area contributed by atoms with E-state index in [4.69, 9.17) is 0 Å². The molecular weight excluding hydrogens is 272 g/mol. The Bertz CT molecular complexity index is 394.